The van der Waals surface area contributed by atoms with E-state index in [1.165, 1.54) is 0 Å². The van der Waals surface area contributed by atoms with Crippen LogP contribution >= 0.6 is 0 Å². The fourth-order valence-electron chi connectivity index (χ4n) is 1.85. The number of rotatable bonds is 7. The number of hydrogen-bond donors (Lipinski definition) is 2. The average Bonchev–Trinajstić information content (AvgIpc) is 2.33. The second-order valence-electron chi connectivity index (χ2n) is 5.01. The molecule has 0 saturated carbocycles. The van der Waals surface area contributed by atoms with E-state index in [9.17, 15) is 5.11 Å². The zero-order valence-electron chi connectivity index (χ0n) is 11.9. The Morgan fingerprint density at radius 3 is 2.53 bits per heavy atom. The Hall–Kier alpha value is -1.50. The third-order valence-corrected chi connectivity index (χ3v) is 2.76. The summed E-state index contributed by atoms with van der Waals surface area (Å²) in [5.41, 5.74) is 2.32. The van der Waals surface area contributed by atoms with Crippen molar-refractivity contribution >= 4 is 0 Å². The van der Waals surface area contributed by atoms with Crippen molar-refractivity contribution in [1.29, 1.82) is 0 Å². The van der Waals surface area contributed by atoms with Crippen LogP contribution in [0, 0.1) is 26.2 Å². The van der Waals surface area contributed by atoms with E-state index in [0.29, 0.717) is 13.0 Å². The molecule has 19 heavy (non-hydrogen) atoms. The highest BCUT2D eigenvalue weighted by atomic mass is 16.5. The molecular weight excluding hydrogens is 238 g/mol. The van der Waals surface area contributed by atoms with Crippen LogP contribution < -0.4 is 10.1 Å². The van der Waals surface area contributed by atoms with Gasteiger partial charge in [0.15, 0.2) is 0 Å². The number of aryl methyl sites for hydroxylation is 2. The monoisotopic (exact) mass is 261 g/mol. The number of terminal acetylenes is 1. The van der Waals surface area contributed by atoms with Crippen molar-refractivity contribution in [2.75, 3.05) is 13.2 Å². The van der Waals surface area contributed by atoms with Crippen molar-refractivity contribution in [3.63, 3.8) is 0 Å². The van der Waals surface area contributed by atoms with Crippen molar-refractivity contribution in [1.82, 2.24) is 5.32 Å². The maximum Gasteiger partial charge on any atom is 0.119 e. The molecule has 0 bridgehead atoms. The third kappa shape index (κ3) is 6.28. The predicted octanol–water partition coefficient (Wildman–Crippen LogP) is 2.04. The van der Waals surface area contributed by atoms with E-state index >= 15 is 0 Å². The lowest BCUT2D eigenvalue weighted by Crippen LogP contribution is -2.36. The van der Waals surface area contributed by atoms with Gasteiger partial charge in [0, 0.05) is 19.0 Å². The summed E-state index contributed by atoms with van der Waals surface area (Å²) in [7, 11) is 0. The fourth-order valence-corrected chi connectivity index (χ4v) is 1.85. The first-order chi connectivity index (χ1) is 9.01. The zero-order valence-corrected chi connectivity index (χ0v) is 11.9. The molecule has 1 aromatic rings. The number of ether oxygens (including phenoxy) is 1. The molecule has 0 aliphatic heterocycles. The van der Waals surface area contributed by atoms with Gasteiger partial charge in [0.1, 0.15) is 18.5 Å². The minimum Gasteiger partial charge on any atom is -0.491 e. The van der Waals surface area contributed by atoms with Gasteiger partial charge in [-0.2, -0.15) is 0 Å². The fraction of sp³-hybridized carbons (Fsp3) is 0.500. The van der Waals surface area contributed by atoms with Crippen LogP contribution in [0.15, 0.2) is 18.2 Å². The molecule has 0 radical (unpaired) electrons. The minimum absolute atomic E-state index is 0.209. The van der Waals surface area contributed by atoms with Crippen LogP contribution in [0.5, 0.6) is 5.75 Å². The van der Waals surface area contributed by atoms with Gasteiger partial charge in [0.05, 0.1) is 0 Å². The van der Waals surface area contributed by atoms with Crippen LogP contribution in [0.2, 0.25) is 0 Å². The molecule has 0 amide bonds. The molecule has 0 aliphatic carbocycles. The second kappa shape index (κ2) is 7.83. The van der Waals surface area contributed by atoms with Crippen molar-refractivity contribution in [2.45, 2.75) is 39.3 Å². The first kappa shape index (κ1) is 15.6. The molecule has 1 aromatic carbocycles. The third-order valence-electron chi connectivity index (χ3n) is 2.76. The number of hydrogen-bond acceptors (Lipinski definition) is 3. The highest BCUT2D eigenvalue weighted by Crippen LogP contribution is 2.16. The summed E-state index contributed by atoms with van der Waals surface area (Å²) >= 11 is 0. The molecule has 3 heteroatoms. The van der Waals surface area contributed by atoms with Gasteiger partial charge < -0.3 is 15.2 Å². The quantitative estimate of drug-likeness (QED) is 0.738. The molecule has 0 fully saturated rings. The Balaban J connectivity index is 2.33. The molecule has 0 heterocycles. The first-order valence-corrected chi connectivity index (χ1v) is 6.57. The van der Waals surface area contributed by atoms with Gasteiger partial charge in [-0.05, 0) is 44.0 Å². The van der Waals surface area contributed by atoms with E-state index in [-0.39, 0.29) is 12.6 Å². The van der Waals surface area contributed by atoms with Crippen LogP contribution in [-0.4, -0.2) is 30.4 Å². The van der Waals surface area contributed by atoms with Gasteiger partial charge >= 0.3 is 0 Å². The van der Waals surface area contributed by atoms with Gasteiger partial charge in [-0.3, -0.25) is 0 Å². The highest BCUT2D eigenvalue weighted by molar-refractivity contribution is 5.32. The van der Waals surface area contributed by atoms with E-state index in [4.69, 9.17) is 11.2 Å². The maximum atomic E-state index is 9.83. The Kier molecular flexibility index (Phi) is 6.41. The summed E-state index contributed by atoms with van der Waals surface area (Å²) in [6.45, 7) is 6.81. The van der Waals surface area contributed by atoms with E-state index in [2.05, 4.69) is 17.3 Å². The number of aliphatic hydroxyl groups excluding tert-OH is 1. The summed E-state index contributed by atoms with van der Waals surface area (Å²) in [5.74, 6) is 3.39. The van der Waals surface area contributed by atoms with Gasteiger partial charge in [0.25, 0.3) is 0 Å². The van der Waals surface area contributed by atoms with Crippen molar-refractivity contribution in [2.24, 2.45) is 0 Å². The zero-order chi connectivity index (χ0) is 14.3. The van der Waals surface area contributed by atoms with Crippen LogP contribution in [0.1, 0.15) is 24.5 Å². The normalized spacial score (nSPS) is 13.6. The van der Waals surface area contributed by atoms with Crippen LogP contribution in [-0.2, 0) is 0 Å². The molecular formula is C16H23NO2. The van der Waals surface area contributed by atoms with E-state index in [1.807, 2.05) is 32.9 Å². The summed E-state index contributed by atoms with van der Waals surface area (Å²) in [6.07, 6.45) is 5.34. The maximum absolute atomic E-state index is 9.83. The lowest BCUT2D eigenvalue weighted by atomic mass is 10.1. The molecule has 0 saturated heterocycles. The summed E-state index contributed by atoms with van der Waals surface area (Å²) in [4.78, 5) is 0. The van der Waals surface area contributed by atoms with Gasteiger partial charge in [0.2, 0.25) is 0 Å². The lowest BCUT2D eigenvalue weighted by molar-refractivity contribution is 0.104. The standard InChI is InChI=1S/C16H23NO2/c1-5-6-14(4)17-10-15(18)11-19-16-8-12(2)7-13(3)9-16/h1,7-9,14-15,17-18H,6,10-11H2,2-4H3. The topological polar surface area (TPSA) is 41.5 Å². The molecule has 1 rings (SSSR count). The molecule has 2 unspecified atom stereocenters. The van der Waals surface area contributed by atoms with E-state index in [0.717, 1.165) is 16.9 Å². The smallest absolute Gasteiger partial charge is 0.119 e. The van der Waals surface area contributed by atoms with Crippen molar-refractivity contribution in [3.05, 3.63) is 29.3 Å². The molecule has 0 aliphatic rings. The number of nitrogens with one attached hydrogen (secondary N) is 1. The van der Waals surface area contributed by atoms with Crippen molar-refractivity contribution < 1.29 is 9.84 Å². The molecule has 104 valence electrons. The van der Waals surface area contributed by atoms with Crippen LogP contribution in [0.25, 0.3) is 0 Å². The van der Waals surface area contributed by atoms with Crippen LogP contribution in [0.3, 0.4) is 0 Å². The Bertz CT molecular complexity index is 417. The SMILES string of the molecule is C#CCC(C)NCC(O)COc1cc(C)cc(C)c1. The largest absolute Gasteiger partial charge is 0.491 e. The van der Waals surface area contributed by atoms with Crippen molar-refractivity contribution in [3.8, 4) is 18.1 Å². The van der Waals surface area contributed by atoms with E-state index < -0.39 is 6.10 Å². The molecule has 3 nitrogen and oxygen atoms in total. The molecule has 2 atom stereocenters. The summed E-state index contributed by atoms with van der Waals surface area (Å²) in [6, 6.07) is 6.23. The van der Waals surface area contributed by atoms with Gasteiger partial charge in [-0.1, -0.05) is 6.07 Å². The van der Waals surface area contributed by atoms with Gasteiger partial charge in [-0.15, -0.1) is 12.3 Å². The summed E-state index contributed by atoms with van der Waals surface area (Å²) < 4.78 is 5.59. The number of benzene rings is 1. The Labute approximate surface area is 116 Å². The Morgan fingerprint density at radius 1 is 1.32 bits per heavy atom. The number of aliphatic hydroxyl groups is 1. The average molecular weight is 261 g/mol. The molecule has 2 N–H and O–H groups in total. The summed E-state index contributed by atoms with van der Waals surface area (Å²) in [5, 5.41) is 13.0. The minimum atomic E-state index is -0.541. The molecule has 0 aromatic heterocycles. The Morgan fingerprint density at radius 2 is 1.95 bits per heavy atom. The lowest BCUT2D eigenvalue weighted by Gasteiger charge is -2.16. The highest BCUT2D eigenvalue weighted by Gasteiger charge is 2.07. The van der Waals surface area contributed by atoms with E-state index in [1.54, 1.807) is 0 Å². The van der Waals surface area contributed by atoms with Gasteiger partial charge in [-0.25, -0.2) is 0 Å². The second-order valence-corrected chi connectivity index (χ2v) is 5.01. The molecule has 0 spiro atoms. The van der Waals surface area contributed by atoms with Crippen LogP contribution in [0.4, 0.5) is 0 Å². The first-order valence-electron chi connectivity index (χ1n) is 6.57. The predicted molar refractivity (Wildman–Crippen MR) is 78.3 cm³/mol.